The van der Waals surface area contributed by atoms with E-state index in [2.05, 4.69) is 0 Å². The van der Waals surface area contributed by atoms with Crippen LogP contribution >= 0.6 is 22.9 Å². The van der Waals surface area contributed by atoms with E-state index < -0.39 is 22.8 Å². The summed E-state index contributed by atoms with van der Waals surface area (Å²) in [4.78, 5) is 12.9. The van der Waals surface area contributed by atoms with Crippen LogP contribution in [0.3, 0.4) is 0 Å². The van der Waals surface area contributed by atoms with Gasteiger partial charge in [-0.1, -0.05) is 29.8 Å². The normalized spacial score (nSPS) is 11.7. The van der Waals surface area contributed by atoms with Crippen LogP contribution in [0.5, 0.6) is 0 Å². The van der Waals surface area contributed by atoms with Gasteiger partial charge in [0.1, 0.15) is 5.00 Å². The second-order valence-corrected chi connectivity index (χ2v) is 6.43. The van der Waals surface area contributed by atoms with E-state index in [1.807, 2.05) is 24.3 Å². The smallest absolute Gasteiger partial charge is 0.351 e. The standard InChI is InChI=1S/C16H10ClF3N2OS/c17-12-6-5-10(8-11(12)16(18,19)20)22(15(21)23)14-7-9-3-1-2-4-13(9)24-14/h1-8H,(H2,21,23). The van der Waals surface area contributed by atoms with E-state index in [0.29, 0.717) is 5.00 Å². The number of fused-ring (bicyclic) bond motifs is 1. The van der Waals surface area contributed by atoms with Crippen molar-refractivity contribution in [1.82, 2.24) is 0 Å². The Balaban J connectivity index is 2.14. The molecule has 8 heteroatoms. The lowest BCUT2D eigenvalue weighted by molar-refractivity contribution is -0.137. The van der Waals surface area contributed by atoms with Crippen LogP contribution in [0.4, 0.5) is 28.7 Å². The number of urea groups is 1. The number of hydrogen-bond acceptors (Lipinski definition) is 2. The van der Waals surface area contributed by atoms with Crippen molar-refractivity contribution >= 4 is 49.7 Å². The van der Waals surface area contributed by atoms with Gasteiger partial charge in [0.25, 0.3) is 0 Å². The summed E-state index contributed by atoms with van der Waals surface area (Å²) in [5.74, 6) is 0. The van der Waals surface area contributed by atoms with Gasteiger partial charge in [0.15, 0.2) is 0 Å². The SMILES string of the molecule is NC(=O)N(c1ccc(Cl)c(C(F)(F)F)c1)c1cc2ccccc2s1. The molecular weight excluding hydrogens is 361 g/mol. The van der Waals surface area contributed by atoms with Crippen LogP contribution in [0.25, 0.3) is 10.1 Å². The first-order valence-electron chi connectivity index (χ1n) is 6.72. The molecule has 124 valence electrons. The van der Waals surface area contributed by atoms with E-state index in [9.17, 15) is 18.0 Å². The summed E-state index contributed by atoms with van der Waals surface area (Å²) in [6.07, 6.45) is -4.63. The number of benzene rings is 2. The van der Waals surface area contributed by atoms with Gasteiger partial charge in [-0.25, -0.2) is 4.79 Å². The molecule has 0 saturated carbocycles. The van der Waals surface area contributed by atoms with E-state index in [1.54, 1.807) is 6.07 Å². The highest BCUT2D eigenvalue weighted by Crippen LogP contribution is 2.40. The third-order valence-electron chi connectivity index (χ3n) is 3.37. The second-order valence-electron chi connectivity index (χ2n) is 4.96. The Morgan fingerprint density at radius 1 is 1.12 bits per heavy atom. The van der Waals surface area contributed by atoms with Crippen LogP contribution < -0.4 is 10.6 Å². The van der Waals surface area contributed by atoms with E-state index in [-0.39, 0.29) is 5.69 Å². The number of nitrogens with zero attached hydrogens (tertiary/aromatic N) is 1. The third kappa shape index (κ3) is 3.05. The van der Waals surface area contributed by atoms with Crippen molar-refractivity contribution in [1.29, 1.82) is 0 Å². The van der Waals surface area contributed by atoms with E-state index in [0.717, 1.165) is 27.1 Å². The van der Waals surface area contributed by atoms with Crippen molar-refractivity contribution in [2.75, 3.05) is 4.90 Å². The highest BCUT2D eigenvalue weighted by molar-refractivity contribution is 7.23. The average molecular weight is 371 g/mol. The molecule has 2 amide bonds. The zero-order valence-electron chi connectivity index (χ0n) is 12.0. The average Bonchev–Trinajstić information content (AvgIpc) is 2.90. The van der Waals surface area contributed by atoms with Crippen LogP contribution in [0.1, 0.15) is 5.56 Å². The van der Waals surface area contributed by atoms with Gasteiger partial charge < -0.3 is 5.73 Å². The Labute approximate surface area is 144 Å². The molecule has 2 aromatic carbocycles. The first-order chi connectivity index (χ1) is 11.3. The Kier molecular flexibility index (Phi) is 4.15. The first-order valence-corrected chi connectivity index (χ1v) is 7.91. The van der Waals surface area contributed by atoms with Gasteiger partial charge in [-0.15, -0.1) is 11.3 Å². The molecule has 3 nitrogen and oxygen atoms in total. The molecule has 0 saturated heterocycles. The third-order valence-corrected chi connectivity index (χ3v) is 4.80. The van der Waals surface area contributed by atoms with Crippen LogP contribution in [-0.4, -0.2) is 6.03 Å². The predicted octanol–water partition coefficient (Wildman–Crippen LogP) is 5.79. The fourth-order valence-corrected chi connectivity index (χ4v) is 3.62. The number of alkyl halides is 3. The minimum atomic E-state index is -4.63. The number of carbonyl (C=O) groups is 1. The first kappa shape index (κ1) is 16.6. The van der Waals surface area contributed by atoms with Crippen molar-refractivity contribution < 1.29 is 18.0 Å². The van der Waals surface area contributed by atoms with E-state index >= 15 is 0 Å². The molecule has 0 aliphatic rings. The highest BCUT2D eigenvalue weighted by atomic mass is 35.5. The van der Waals surface area contributed by atoms with Gasteiger partial charge >= 0.3 is 12.2 Å². The van der Waals surface area contributed by atoms with Crippen LogP contribution in [0.2, 0.25) is 5.02 Å². The van der Waals surface area contributed by atoms with Crippen LogP contribution in [0.15, 0.2) is 48.5 Å². The summed E-state index contributed by atoms with van der Waals surface area (Å²) in [5, 5.41) is 0.861. The van der Waals surface area contributed by atoms with Crippen LogP contribution in [0, 0.1) is 0 Å². The molecule has 2 N–H and O–H groups in total. The maximum absolute atomic E-state index is 13.0. The number of primary amides is 1. The number of carbonyl (C=O) groups excluding carboxylic acids is 1. The summed E-state index contributed by atoms with van der Waals surface area (Å²) in [5.41, 5.74) is 4.39. The Bertz CT molecular complexity index is 890. The molecule has 3 rings (SSSR count). The Hall–Kier alpha value is -2.25. The quantitative estimate of drug-likeness (QED) is 0.609. The van der Waals surface area contributed by atoms with Crippen molar-refractivity contribution in [2.45, 2.75) is 6.18 Å². The number of halogens is 4. The van der Waals surface area contributed by atoms with Crippen molar-refractivity contribution in [3.05, 3.63) is 59.1 Å². The Morgan fingerprint density at radius 3 is 2.46 bits per heavy atom. The molecule has 24 heavy (non-hydrogen) atoms. The topological polar surface area (TPSA) is 46.3 Å². The molecule has 0 bridgehead atoms. The maximum Gasteiger partial charge on any atom is 0.417 e. The predicted molar refractivity (Wildman–Crippen MR) is 90.0 cm³/mol. The van der Waals surface area contributed by atoms with Crippen molar-refractivity contribution in [3.8, 4) is 0 Å². The molecule has 3 aromatic rings. The molecular formula is C16H10ClF3N2OS. The number of anilines is 2. The molecule has 1 heterocycles. The van der Waals surface area contributed by atoms with Gasteiger partial charge in [0.05, 0.1) is 16.3 Å². The lowest BCUT2D eigenvalue weighted by Gasteiger charge is -2.20. The number of hydrogen-bond donors (Lipinski definition) is 1. The minimum absolute atomic E-state index is 0.00535. The fraction of sp³-hybridized carbons (Fsp3) is 0.0625. The van der Waals surface area contributed by atoms with Crippen molar-refractivity contribution in [2.24, 2.45) is 5.73 Å². The van der Waals surface area contributed by atoms with Gasteiger partial charge in [-0.3, -0.25) is 4.90 Å². The zero-order chi connectivity index (χ0) is 17.5. The summed E-state index contributed by atoms with van der Waals surface area (Å²) in [7, 11) is 0. The fourth-order valence-electron chi connectivity index (χ4n) is 2.31. The molecule has 0 radical (unpaired) electrons. The number of thiophene rings is 1. The maximum atomic E-state index is 13.0. The van der Waals surface area contributed by atoms with E-state index in [1.165, 1.54) is 17.4 Å². The molecule has 0 fully saturated rings. The lowest BCUT2D eigenvalue weighted by Crippen LogP contribution is -2.31. The summed E-state index contributed by atoms with van der Waals surface area (Å²) in [6, 6.07) is 11.4. The van der Waals surface area contributed by atoms with Crippen molar-refractivity contribution in [3.63, 3.8) is 0 Å². The highest BCUT2D eigenvalue weighted by Gasteiger charge is 2.34. The molecule has 0 unspecified atom stereocenters. The molecule has 0 spiro atoms. The number of amides is 2. The molecule has 0 aliphatic carbocycles. The van der Waals surface area contributed by atoms with Gasteiger partial charge in [-0.2, -0.15) is 13.2 Å². The Morgan fingerprint density at radius 2 is 1.83 bits per heavy atom. The minimum Gasteiger partial charge on any atom is -0.351 e. The number of nitrogens with two attached hydrogens (primary N) is 1. The van der Waals surface area contributed by atoms with Gasteiger partial charge in [0.2, 0.25) is 0 Å². The summed E-state index contributed by atoms with van der Waals surface area (Å²) < 4.78 is 40.0. The second kappa shape index (κ2) is 5.99. The summed E-state index contributed by atoms with van der Waals surface area (Å²) >= 11 is 6.88. The monoisotopic (exact) mass is 370 g/mol. The molecule has 0 atom stereocenters. The van der Waals surface area contributed by atoms with Gasteiger partial charge in [0, 0.05) is 4.70 Å². The van der Waals surface area contributed by atoms with Crippen LogP contribution in [-0.2, 0) is 6.18 Å². The molecule has 0 aliphatic heterocycles. The lowest BCUT2D eigenvalue weighted by atomic mass is 10.1. The zero-order valence-corrected chi connectivity index (χ0v) is 13.5. The van der Waals surface area contributed by atoms with Gasteiger partial charge in [-0.05, 0) is 35.7 Å². The summed E-state index contributed by atoms with van der Waals surface area (Å²) in [6.45, 7) is 0. The largest absolute Gasteiger partial charge is 0.417 e. The van der Waals surface area contributed by atoms with E-state index in [4.69, 9.17) is 17.3 Å². The molecule has 1 aromatic heterocycles. The number of rotatable bonds is 2.